The molecule has 0 saturated heterocycles. The van der Waals surface area contributed by atoms with Crippen molar-refractivity contribution in [3.8, 4) is 0 Å². The molecule has 1 rings (SSSR count). The Morgan fingerprint density at radius 3 is 3.08 bits per heavy atom. The van der Waals surface area contributed by atoms with Crippen LogP contribution in [0.15, 0.2) is 18.4 Å². The van der Waals surface area contributed by atoms with E-state index >= 15 is 0 Å². The number of hydrogen-bond donors (Lipinski definition) is 1. The number of carbonyl (C=O) groups excluding carboxylic acids is 1. The summed E-state index contributed by atoms with van der Waals surface area (Å²) in [5, 5.41) is 2.60. The van der Waals surface area contributed by atoms with Gasteiger partial charge in [0.1, 0.15) is 0 Å². The van der Waals surface area contributed by atoms with E-state index in [4.69, 9.17) is 6.58 Å². The van der Waals surface area contributed by atoms with Gasteiger partial charge in [-0.1, -0.05) is 6.42 Å². The van der Waals surface area contributed by atoms with Gasteiger partial charge in [0.15, 0.2) is 0 Å². The second kappa shape index (κ2) is 6.33. The van der Waals surface area contributed by atoms with Crippen molar-refractivity contribution in [2.75, 3.05) is 7.05 Å². The molecule has 0 spiro atoms. The molecule has 2 amide bonds. The third-order valence-corrected chi connectivity index (χ3v) is 1.97. The summed E-state index contributed by atoms with van der Waals surface area (Å²) < 4.78 is 0. The van der Waals surface area contributed by atoms with Crippen LogP contribution in [0.5, 0.6) is 0 Å². The van der Waals surface area contributed by atoms with E-state index in [1.807, 2.05) is 6.08 Å². The Morgan fingerprint density at radius 1 is 1.77 bits per heavy atom. The van der Waals surface area contributed by atoms with Gasteiger partial charge < -0.3 is 16.8 Å². The quantitative estimate of drug-likeness (QED) is 0.756. The fraction of sp³-hybridized carbons (Fsp3) is 0.444. The van der Waals surface area contributed by atoms with Gasteiger partial charge in [0.25, 0.3) is 0 Å². The van der Waals surface area contributed by atoms with E-state index < -0.39 is 0 Å². The Hall–Kier alpha value is -0.146. The summed E-state index contributed by atoms with van der Waals surface area (Å²) in [5.74, 6) is 0. The SMILES string of the molecule is [CH-]=CCCC1C=CNC(=O)N1C.[Y+3]. The molecule has 0 fully saturated rings. The van der Waals surface area contributed by atoms with Crippen molar-refractivity contribution in [2.45, 2.75) is 18.9 Å². The van der Waals surface area contributed by atoms with Gasteiger partial charge in [-0.3, -0.25) is 6.08 Å². The summed E-state index contributed by atoms with van der Waals surface area (Å²) in [5.41, 5.74) is 0. The van der Waals surface area contributed by atoms with Crippen molar-refractivity contribution in [1.82, 2.24) is 10.2 Å². The largest absolute Gasteiger partial charge is 3.00 e. The van der Waals surface area contributed by atoms with Gasteiger partial charge in [0.05, 0.1) is 6.04 Å². The van der Waals surface area contributed by atoms with E-state index in [1.54, 1.807) is 24.2 Å². The Kier molecular flexibility index (Phi) is 6.26. The van der Waals surface area contributed by atoms with Crippen molar-refractivity contribution in [2.24, 2.45) is 0 Å². The molecular formula is C9H13N2OY+2. The number of rotatable bonds is 3. The molecule has 1 atom stereocenters. The van der Waals surface area contributed by atoms with Gasteiger partial charge in [0, 0.05) is 13.2 Å². The minimum atomic E-state index is -0.0560. The van der Waals surface area contributed by atoms with Gasteiger partial charge in [-0.25, -0.2) is 4.79 Å². The Balaban J connectivity index is 0.00000144. The van der Waals surface area contributed by atoms with E-state index in [1.165, 1.54) is 0 Å². The number of likely N-dealkylation sites (N-methyl/N-ethyl adjacent to an activating group) is 1. The second-order valence-electron chi connectivity index (χ2n) is 2.80. The van der Waals surface area contributed by atoms with Crippen LogP contribution in [-0.4, -0.2) is 24.0 Å². The molecule has 0 saturated carbocycles. The maximum Gasteiger partial charge on any atom is 3.00 e. The molecule has 1 aliphatic rings. The molecule has 66 valence electrons. The Morgan fingerprint density at radius 2 is 2.46 bits per heavy atom. The minimum Gasteiger partial charge on any atom is -0.518 e. The summed E-state index contributed by atoms with van der Waals surface area (Å²) >= 11 is 0. The maximum atomic E-state index is 11.1. The van der Waals surface area contributed by atoms with Crippen LogP contribution in [0.25, 0.3) is 0 Å². The fourth-order valence-electron chi connectivity index (χ4n) is 1.17. The third-order valence-electron chi connectivity index (χ3n) is 1.97. The van der Waals surface area contributed by atoms with E-state index in [-0.39, 0.29) is 44.8 Å². The summed E-state index contributed by atoms with van der Waals surface area (Å²) in [7, 11) is 1.78. The first-order valence-electron chi connectivity index (χ1n) is 3.99. The van der Waals surface area contributed by atoms with Crippen molar-refractivity contribution in [1.29, 1.82) is 0 Å². The second-order valence-corrected chi connectivity index (χ2v) is 2.80. The van der Waals surface area contributed by atoms with Crippen LogP contribution in [0, 0.1) is 6.58 Å². The van der Waals surface area contributed by atoms with Crippen LogP contribution in [0.1, 0.15) is 12.8 Å². The van der Waals surface area contributed by atoms with Crippen molar-refractivity contribution < 1.29 is 37.5 Å². The molecule has 0 aromatic heterocycles. The molecule has 0 aliphatic carbocycles. The number of hydrogen-bond acceptors (Lipinski definition) is 1. The molecule has 1 aliphatic heterocycles. The fourth-order valence-corrected chi connectivity index (χ4v) is 1.17. The molecule has 4 heteroatoms. The van der Waals surface area contributed by atoms with Gasteiger partial charge in [-0.15, -0.1) is 0 Å². The molecular weight excluding hydrogens is 241 g/mol. The number of nitrogens with zero attached hydrogens (tertiary/aromatic N) is 1. The topological polar surface area (TPSA) is 32.3 Å². The molecule has 0 aromatic carbocycles. The van der Waals surface area contributed by atoms with Crippen LogP contribution < -0.4 is 5.32 Å². The van der Waals surface area contributed by atoms with Gasteiger partial charge in [0.2, 0.25) is 0 Å². The van der Waals surface area contributed by atoms with Gasteiger partial charge >= 0.3 is 38.7 Å². The Labute approximate surface area is 104 Å². The zero-order chi connectivity index (χ0) is 8.97. The third kappa shape index (κ3) is 3.61. The van der Waals surface area contributed by atoms with Crippen LogP contribution in [0.2, 0.25) is 0 Å². The van der Waals surface area contributed by atoms with E-state index in [0.717, 1.165) is 12.8 Å². The first-order valence-corrected chi connectivity index (χ1v) is 3.99. The smallest absolute Gasteiger partial charge is 0.518 e. The molecule has 1 heterocycles. The molecule has 0 bridgehead atoms. The van der Waals surface area contributed by atoms with Crippen LogP contribution in [0.3, 0.4) is 0 Å². The molecule has 1 N–H and O–H groups in total. The number of nitrogens with one attached hydrogen (secondary N) is 1. The van der Waals surface area contributed by atoms with E-state index in [9.17, 15) is 4.79 Å². The molecule has 0 radical (unpaired) electrons. The first kappa shape index (κ1) is 12.9. The van der Waals surface area contributed by atoms with E-state index in [2.05, 4.69) is 5.32 Å². The van der Waals surface area contributed by atoms with Crippen molar-refractivity contribution in [3.63, 3.8) is 0 Å². The molecule has 3 nitrogen and oxygen atoms in total. The zero-order valence-corrected chi connectivity index (χ0v) is 10.6. The number of allylic oxidation sites excluding steroid dienone is 1. The van der Waals surface area contributed by atoms with Crippen molar-refractivity contribution in [3.05, 3.63) is 24.9 Å². The first-order chi connectivity index (χ1) is 5.75. The average Bonchev–Trinajstić information content (AvgIpc) is 2.08. The van der Waals surface area contributed by atoms with E-state index in [0.29, 0.717) is 0 Å². The normalized spacial score (nSPS) is 20.5. The standard InChI is InChI=1S/C9H13N2O.Y/c1-3-4-5-8-6-7-10-9(12)11(8)2;/h1,3,6-8H,4-5H2,2H3,(H,10,12);/q-1;+3. The van der Waals surface area contributed by atoms with Crippen molar-refractivity contribution >= 4 is 6.03 Å². The minimum absolute atomic E-state index is 0. The number of amides is 2. The molecule has 0 aromatic rings. The van der Waals surface area contributed by atoms with Crippen LogP contribution in [-0.2, 0) is 32.7 Å². The summed E-state index contributed by atoms with van der Waals surface area (Å²) in [6.07, 6.45) is 6.98. The molecule has 13 heavy (non-hydrogen) atoms. The summed E-state index contributed by atoms with van der Waals surface area (Å²) in [6.45, 7) is 5.26. The summed E-state index contributed by atoms with van der Waals surface area (Å²) in [6, 6.07) is 0.123. The molecule has 1 unspecified atom stereocenters. The number of urea groups is 1. The number of carbonyl (C=O) groups is 1. The Bertz CT molecular complexity index is 216. The van der Waals surface area contributed by atoms with Gasteiger partial charge in [-0.05, 0) is 12.5 Å². The monoisotopic (exact) mass is 254 g/mol. The zero-order valence-electron chi connectivity index (χ0n) is 7.73. The maximum absolute atomic E-state index is 11.1. The summed E-state index contributed by atoms with van der Waals surface area (Å²) in [4.78, 5) is 12.8. The average molecular weight is 254 g/mol. The van der Waals surface area contributed by atoms with Crippen LogP contribution in [0.4, 0.5) is 4.79 Å². The van der Waals surface area contributed by atoms with Crippen LogP contribution >= 0.6 is 0 Å². The predicted octanol–water partition coefficient (Wildman–Crippen LogP) is 1.29. The predicted molar refractivity (Wildman–Crippen MR) is 47.3 cm³/mol. The van der Waals surface area contributed by atoms with Gasteiger partial charge in [-0.2, -0.15) is 0 Å².